The number of urea groups is 1. The van der Waals surface area contributed by atoms with Gasteiger partial charge in [0.1, 0.15) is 11.6 Å². The molecule has 0 bridgehead atoms. The van der Waals surface area contributed by atoms with Gasteiger partial charge in [-0.2, -0.15) is 4.98 Å². The molecule has 2 aromatic rings. The van der Waals surface area contributed by atoms with Crippen molar-refractivity contribution in [2.24, 2.45) is 4.36 Å². The van der Waals surface area contributed by atoms with E-state index in [4.69, 9.17) is 16.3 Å². The van der Waals surface area contributed by atoms with Crippen LogP contribution in [0.2, 0.25) is 5.28 Å². The van der Waals surface area contributed by atoms with E-state index in [-0.39, 0.29) is 34.8 Å². The summed E-state index contributed by atoms with van der Waals surface area (Å²) in [6.45, 7) is 4.39. The molecule has 0 saturated carbocycles. The van der Waals surface area contributed by atoms with Gasteiger partial charge in [-0.3, -0.25) is 10.1 Å². The van der Waals surface area contributed by atoms with Gasteiger partial charge in [-0.25, -0.2) is 14.0 Å². The molecule has 1 heterocycles. The summed E-state index contributed by atoms with van der Waals surface area (Å²) in [6, 6.07) is 2.87. The number of hydrogen-bond acceptors (Lipinski definition) is 8. The number of amides is 2. The van der Waals surface area contributed by atoms with Crippen molar-refractivity contribution >= 4 is 54.8 Å². The van der Waals surface area contributed by atoms with E-state index in [0.29, 0.717) is 29.7 Å². The van der Waals surface area contributed by atoms with Crippen LogP contribution in [0.3, 0.4) is 0 Å². The van der Waals surface area contributed by atoms with Crippen LogP contribution in [0, 0.1) is 10.1 Å². The molecule has 0 saturated heterocycles. The van der Waals surface area contributed by atoms with Crippen LogP contribution in [0.25, 0.3) is 0 Å². The molecule has 2 amide bonds. The van der Waals surface area contributed by atoms with Gasteiger partial charge in [0.25, 0.3) is 5.69 Å². The molecular weight excluding hydrogens is 540 g/mol. The number of nitro groups is 1. The van der Waals surface area contributed by atoms with Gasteiger partial charge in [-0.1, -0.05) is 6.08 Å². The Morgan fingerprint density at radius 3 is 2.91 bits per heavy atom. The maximum absolute atomic E-state index is 13.1. The van der Waals surface area contributed by atoms with Crippen molar-refractivity contribution in [1.82, 2.24) is 15.3 Å². The average molecular weight is 562 g/mol. The highest BCUT2D eigenvalue weighted by Gasteiger charge is 2.19. The zero-order valence-corrected chi connectivity index (χ0v) is 20.8. The molecule has 0 aliphatic rings. The van der Waals surface area contributed by atoms with Gasteiger partial charge >= 0.3 is 6.03 Å². The van der Waals surface area contributed by atoms with Crippen molar-refractivity contribution in [3.8, 4) is 5.75 Å². The van der Waals surface area contributed by atoms with Crippen LogP contribution in [0.5, 0.6) is 5.75 Å². The Morgan fingerprint density at radius 2 is 2.21 bits per heavy atom. The number of halogens is 2. The molecule has 0 radical (unpaired) electrons. The highest BCUT2D eigenvalue weighted by atomic mass is 79.9. The summed E-state index contributed by atoms with van der Waals surface area (Å²) in [4.78, 5) is 30.5. The largest absolute Gasteiger partial charge is 0.492 e. The minimum Gasteiger partial charge on any atom is -0.492 e. The molecule has 11 nitrogen and oxygen atoms in total. The second kappa shape index (κ2) is 12.5. The van der Waals surface area contributed by atoms with E-state index in [2.05, 4.69) is 47.5 Å². The second-order valence-corrected chi connectivity index (χ2v) is 9.99. The molecule has 1 atom stereocenters. The maximum atomic E-state index is 13.1. The molecule has 33 heavy (non-hydrogen) atoms. The number of anilines is 1. The summed E-state index contributed by atoms with van der Waals surface area (Å²) in [6.07, 6.45) is 5.51. The first kappa shape index (κ1) is 26.5. The number of nitro benzene ring substituents is 1. The molecule has 1 aromatic carbocycles. The van der Waals surface area contributed by atoms with Gasteiger partial charge in [-0.15, -0.1) is 10.9 Å². The van der Waals surface area contributed by atoms with Gasteiger partial charge < -0.3 is 15.4 Å². The number of rotatable bonds is 11. The molecule has 1 unspecified atom stereocenters. The predicted octanol–water partition coefficient (Wildman–Crippen LogP) is 4.42. The average Bonchev–Trinajstić information content (AvgIpc) is 2.76. The Bertz CT molecular complexity index is 1160. The smallest absolute Gasteiger partial charge is 0.349 e. The monoisotopic (exact) mass is 560 g/mol. The number of ether oxygens (including phenoxy) is 1. The molecule has 178 valence electrons. The summed E-state index contributed by atoms with van der Waals surface area (Å²) in [5, 5.41) is 16.8. The highest BCUT2D eigenvalue weighted by Crippen LogP contribution is 2.30. The number of hydrogen-bond donors (Lipinski definition) is 2. The zero-order chi connectivity index (χ0) is 24.4. The summed E-state index contributed by atoms with van der Waals surface area (Å²) >= 11 is 9.10. The highest BCUT2D eigenvalue weighted by molar-refractivity contribution is 9.10. The van der Waals surface area contributed by atoms with Crippen LogP contribution in [-0.4, -0.2) is 51.1 Å². The Hall–Kier alpha value is -2.77. The lowest BCUT2D eigenvalue weighted by Crippen LogP contribution is -2.21. The van der Waals surface area contributed by atoms with E-state index >= 15 is 0 Å². The first-order valence-electron chi connectivity index (χ1n) is 9.58. The standard InChI is InChI=1S/C19H22BrClN6O5S/c1-3-8-23-19(28)26-33(2,31)16-7-6-13(27(29)30)11-15(16)32-10-5-4-9-22-17-14(20)12-24-18(21)25-17/h3,6-7,11-12H,1,4-5,8-10H2,2H3,(H,23,28)(H,22,24,25). The molecule has 0 aliphatic heterocycles. The summed E-state index contributed by atoms with van der Waals surface area (Å²) < 4.78 is 23.1. The number of unbranched alkanes of at least 4 members (excludes halogenated alkanes) is 1. The molecular formula is C19H22BrClN6O5S. The van der Waals surface area contributed by atoms with E-state index in [9.17, 15) is 19.1 Å². The van der Waals surface area contributed by atoms with Crippen molar-refractivity contribution in [2.45, 2.75) is 17.7 Å². The lowest BCUT2D eigenvalue weighted by Gasteiger charge is -2.13. The van der Waals surface area contributed by atoms with Crippen molar-refractivity contribution in [1.29, 1.82) is 0 Å². The number of nitrogens with one attached hydrogen (secondary N) is 2. The van der Waals surface area contributed by atoms with Gasteiger partial charge in [0, 0.05) is 31.6 Å². The summed E-state index contributed by atoms with van der Waals surface area (Å²) in [5.74, 6) is 0.592. The van der Waals surface area contributed by atoms with Crippen molar-refractivity contribution in [2.75, 3.05) is 31.3 Å². The van der Waals surface area contributed by atoms with Crippen molar-refractivity contribution in [3.63, 3.8) is 0 Å². The molecule has 2 rings (SSSR count). The summed E-state index contributed by atoms with van der Waals surface area (Å²) in [5.41, 5.74) is -0.229. The number of non-ortho nitro benzene ring substituents is 1. The fraction of sp³-hybridized carbons (Fsp3) is 0.316. The number of benzene rings is 1. The van der Waals surface area contributed by atoms with E-state index in [1.165, 1.54) is 36.7 Å². The minimum atomic E-state index is -3.22. The quantitative estimate of drug-likeness (QED) is 0.135. The SMILES string of the molecule is C=CCNC(=O)N=S(C)(=O)c1ccc([N+](=O)[O-])cc1OCCCCNc1nc(Cl)ncc1Br. The molecule has 0 spiro atoms. The molecule has 2 N–H and O–H groups in total. The lowest BCUT2D eigenvalue weighted by molar-refractivity contribution is -0.385. The third-order valence-corrected chi connectivity index (χ3v) is 6.47. The second-order valence-electron chi connectivity index (χ2n) is 6.57. The fourth-order valence-electron chi connectivity index (χ4n) is 2.52. The van der Waals surface area contributed by atoms with E-state index < -0.39 is 20.7 Å². The van der Waals surface area contributed by atoms with Crippen LogP contribution >= 0.6 is 27.5 Å². The molecule has 1 aromatic heterocycles. The third kappa shape index (κ3) is 8.26. The van der Waals surface area contributed by atoms with E-state index in [1.807, 2.05) is 0 Å². The normalized spacial score (nSPS) is 12.3. The van der Waals surface area contributed by atoms with Crippen molar-refractivity contribution in [3.05, 3.63) is 56.9 Å². The molecule has 14 heteroatoms. The zero-order valence-electron chi connectivity index (χ0n) is 17.6. The maximum Gasteiger partial charge on any atom is 0.349 e. The number of aromatic nitrogens is 2. The minimum absolute atomic E-state index is 0.0373. The Morgan fingerprint density at radius 1 is 1.45 bits per heavy atom. The van der Waals surface area contributed by atoms with E-state index in [0.717, 1.165) is 0 Å². The number of nitrogens with zero attached hydrogens (tertiary/aromatic N) is 4. The van der Waals surface area contributed by atoms with Crippen LogP contribution in [-0.2, 0) is 9.73 Å². The van der Waals surface area contributed by atoms with Gasteiger partial charge in [0.15, 0.2) is 0 Å². The van der Waals surface area contributed by atoms with Crippen LogP contribution in [0.1, 0.15) is 12.8 Å². The number of carbonyl (C=O) groups excluding carboxylic acids is 1. The summed E-state index contributed by atoms with van der Waals surface area (Å²) in [7, 11) is -3.22. The van der Waals surface area contributed by atoms with Crippen LogP contribution in [0.15, 0.2) is 50.8 Å². The predicted molar refractivity (Wildman–Crippen MR) is 129 cm³/mol. The van der Waals surface area contributed by atoms with Gasteiger partial charge in [0.05, 0.1) is 36.7 Å². The van der Waals surface area contributed by atoms with Crippen LogP contribution in [0.4, 0.5) is 16.3 Å². The van der Waals surface area contributed by atoms with Crippen LogP contribution < -0.4 is 15.4 Å². The van der Waals surface area contributed by atoms with Gasteiger partial charge in [0.2, 0.25) is 5.28 Å². The third-order valence-electron chi connectivity index (χ3n) is 4.04. The van der Waals surface area contributed by atoms with E-state index in [1.54, 1.807) is 0 Å². The Kier molecular flexibility index (Phi) is 10.0. The van der Waals surface area contributed by atoms with Crippen molar-refractivity contribution < 1.29 is 18.7 Å². The molecule has 0 fully saturated rings. The Labute approximate surface area is 204 Å². The first-order chi connectivity index (χ1) is 15.6. The van der Waals surface area contributed by atoms with Gasteiger partial charge in [-0.05, 0) is 46.4 Å². The Balaban J connectivity index is 2.06. The fourth-order valence-corrected chi connectivity index (χ4v) is 4.28. The topological polar surface area (TPSA) is 149 Å². The first-order valence-corrected chi connectivity index (χ1v) is 12.7. The molecule has 0 aliphatic carbocycles. The lowest BCUT2D eigenvalue weighted by atomic mass is 10.3. The number of carbonyl (C=O) groups is 1.